The summed E-state index contributed by atoms with van der Waals surface area (Å²) < 4.78 is 27.2. The van der Waals surface area contributed by atoms with Crippen molar-refractivity contribution in [2.45, 2.75) is 6.92 Å². The Morgan fingerprint density at radius 1 is 1.04 bits per heavy atom. The number of carbonyl (C=O) groups excluding carboxylic acids is 1. The summed E-state index contributed by atoms with van der Waals surface area (Å²) >= 11 is 1.13. The molecule has 1 N–H and O–H groups in total. The van der Waals surface area contributed by atoms with Crippen LogP contribution in [0, 0.1) is 18.6 Å². The number of rotatable bonds is 3. The third-order valence-electron chi connectivity index (χ3n) is 3.13. The summed E-state index contributed by atoms with van der Waals surface area (Å²) in [6.07, 6.45) is 0. The van der Waals surface area contributed by atoms with Gasteiger partial charge in [0.25, 0.3) is 5.91 Å². The first-order valence-corrected chi connectivity index (χ1v) is 7.52. The van der Waals surface area contributed by atoms with Crippen molar-refractivity contribution in [3.63, 3.8) is 0 Å². The Morgan fingerprint density at radius 2 is 1.70 bits per heavy atom. The lowest BCUT2D eigenvalue weighted by atomic mass is 10.2. The minimum absolute atomic E-state index is 0.174. The van der Waals surface area contributed by atoms with Crippen LogP contribution in [0.5, 0.6) is 0 Å². The first-order chi connectivity index (χ1) is 11.0. The minimum Gasteiger partial charge on any atom is -0.296 e. The van der Waals surface area contributed by atoms with E-state index in [0.717, 1.165) is 34.6 Å². The van der Waals surface area contributed by atoms with Crippen molar-refractivity contribution in [1.29, 1.82) is 0 Å². The van der Waals surface area contributed by atoms with Gasteiger partial charge in [-0.15, -0.1) is 10.2 Å². The molecule has 0 aliphatic heterocycles. The van der Waals surface area contributed by atoms with Gasteiger partial charge in [0.2, 0.25) is 5.13 Å². The number of anilines is 1. The number of nitrogens with zero attached hydrogens (tertiary/aromatic N) is 2. The standard InChI is InChI=1S/C16H11F2N3OS/c1-9-5-7-10(8-6-9)15-20-21-16(23-15)19-14(22)13-11(17)3-2-4-12(13)18/h2-8H,1H3,(H,19,21,22). The largest absolute Gasteiger partial charge is 0.296 e. The van der Waals surface area contributed by atoms with E-state index in [9.17, 15) is 13.6 Å². The fourth-order valence-corrected chi connectivity index (χ4v) is 2.70. The highest BCUT2D eigenvalue weighted by Crippen LogP contribution is 2.27. The molecule has 116 valence electrons. The topological polar surface area (TPSA) is 54.9 Å². The second kappa shape index (κ2) is 6.21. The maximum Gasteiger partial charge on any atom is 0.263 e. The molecule has 1 heterocycles. The zero-order valence-corrected chi connectivity index (χ0v) is 12.8. The van der Waals surface area contributed by atoms with Crippen LogP contribution in [0.4, 0.5) is 13.9 Å². The fraction of sp³-hybridized carbons (Fsp3) is 0.0625. The normalized spacial score (nSPS) is 10.6. The van der Waals surface area contributed by atoms with Gasteiger partial charge in [-0.2, -0.15) is 0 Å². The number of halogens is 2. The molecule has 0 fully saturated rings. The van der Waals surface area contributed by atoms with E-state index in [1.807, 2.05) is 31.2 Å². The molecule has 0 saturated carbocycles. The average Bonchev–Trinajstić information content (AvgIpc) is 2.96. The summed E-state index contributed by atoms with van der Waals surface area (Å²) in [6.45, 7) is 1.97. The van der Waals surface area contributed by atoms with E-state index in [1.54, 1.807) is 0 Å². The number of amides is 1. The molecule has 0 unspecified atom stereocenters. The van der Waals surface area contributed by atoms with Crippen molar-refractivity contribution >= 4 is 22.4 Å². The fourth-order valence-electron chi connectivity index (χ4n) is 1.96. The second-order valence-electron chi connectivity index (χ2n) is 4.83. The van der Waals surface area contributed by atoms with Crippen molar-refractivity contribution in [1.82, 2.24) is 10.2 Å². The Balaban J connectivity index is 1.82. The van der Waals surface area contributed by atoms with Crippen LogP contribution >= 0.6 is 11.3 Å². The maximum atomic E-state index is 13.6. The van der Waals surface area contributed by atoms with E-state index < -0.39 is 23.1 Å². The van der Waals surface area contributed by atoms with E-state index in [0.29, 0.717) is 5.01 Å². The van der Waals surface area contributed by atoms with Gasteiger partial charge in [0.1, 0.15) is 22.2 Å². The maximum absolute atomic E-state index is 13.6. The zero-order valence-electron chi connectivity index (χ0n) is 12.0. The molecule has 0 aliphatic rings. The van der Waals surface area contributed by atoms with Crippen LogP contribution in [0.1, 0.15) is 15.9 Å². The molecule has 3 rings (SSSR count). The van der Waals surface area contributed by atoms with Crippen LogP contribution in [0.15, 0.2) is 42.5 Å². The first-order valence-electron chi connectivity index (χ1n) is 6.70. The van der Waals surface area contributed by atoms with Gasteiger partial charge < -0.3 is 0 Å². The van der Waals surface area contributed by atoms with Gasteiger partial charge in [-0.3, -0.25) is 10.1 Å². The molecule has 7 heteroatoms. The van der Waals surface area contributed by atoms with Crippen molar-refractivity contribution in [3.05, 3.63) is 65.2 Å². The molecule has 4 nitrogen and oxygen atoms in total. The summed E-state index contributed by atoms with van der Waals surface area (Å²) in [5.41, 5.74) is 1.33. The SMILES string of the molecule is Cc1ccc(-c2nnc(NC(=O)c3c(F)cccc3F)s2)cc1. The lowest BCUT2D eigenvalue weighted by Crippen LogP contribution is -2.15. The predicted molar refractivity (Wildman–Crippen MR) is 84.4 cm³/mol. The molecular weight excluding hydrogens is 320 g/mol. The molecule has 1 aromatic heterocycles. The summed E-state index contributed by atoms with van der Waals surface area (Å²) in [7, 11) is 0. The molecule has 0 bridgehead atoms. The van der Waals surface area contributed by atoms with Gasteiger partial charge in [0, 0.05) is 5.56 Å². The molecule has 2 aromatic carbocycles. The second-order valence-corrected chi connectivity index (χ2v) is 5.81. The van der Waals surface area contributed by atoms with Gasteiger partial charge in [0.05, 0.1) is 0 Å². The Hall–Kier alpha value is -2.67. The van der Waals surface area contributed by atoms with Crippen LogP contribution in [-0.4, -0.2) is 16.1 Å². The van der Waals surface area contributed by atoms with E-state index in [4.69, 9.17) is 0 Å². The van der Waals surface area contributed by atoms with Gasteiger partial charge in [-0.1, -0.05) is 47.2 Å². The molecule has 0 radical (unpaired) electrons. The average molecular weight is 331 g/mol. The molecular formula is C16H11F2N3OS. The molecule has 0 saturated heterocycles. The molecule has 3 aromatic rings. The van der Waals surface area contributed by atoms with Gasteiger partial charge in [-0.25, -0.2) is 8.78 Å². The monoisotopic (exact) mass is 331 g/mol. The lowest BCUT2D eigenvalue weighted by molar-refractivity contribution is 0.101. The van der Waals surface area contributed by atoms with Gasteiger partial charge >= 0.3 is 0 Å². The quantitative estimate of drug-likeness (QED) is 0.788. The highest BCUT2D eigenvalue weighted by atomic mass is 32.1. The number of aromatic nitrogens is 2. The van der Waals surface area contributed by atoms with Crippen LogP contribution in [0.2, 0.25) is 0 Å². The molecule has 23 heavy (non-hydrogen) atoms. The zero-order chi connectivity index (χ0) is 16.4. The summed E-state index contributed by atoms with van der Waals surface area (Å²) in [6, 6.07) is 10.9. The number of hydrogen-bond acceptors (Lipinski definition) is 4. The number of hydrogen-bond donors (Lipinski definition) is 1. The third-order valence-corrected chi connectivity index (χ3v) is 4.02. The van der Waals surface area contributed by atoms with Gasteiger partial charge in [-0.05, 0) is 19.1 Å². The Labute approximate surface area is 134 Å². The number of benzene rings is 2. The molecule has 1 amide bonds. The Bertz CT molecular complexity index is 842. The molecule has 0 atom stereocenters. The Morgan fingerprint density at radius 3 is 2.35 bits per heavy atom. The van der Waals surface area contributed by atoms with E-state index in [2.05, 4.69) is 15.5 Å². The van der Waals surface area contributed by atoms with Crippen molar-refractivity contribution in [3.8, 4) is 10.6 Å². The smallest absolute Gasteiger partial charge is 0.263 e. The number of nitrogens with one attached hydrogen (secondary N) is 1. The number of aryl methyl sites for hydroxylation is 1. The van der Waals surface area contributed by atoms with Gasteiger partial charge in [0.15, 0.2) is 0 Å². The Kier molecular flexibility index (Phi) is 4.12. The third kappa shape index (κ3) is 3.24. The van der Waals surface area contributed by atoms with E-state index in [1.165, 1.54) is 6.07 Å². The minimum atomic E-state index is -0.925. The van der Waals surface area contributed by atoms with Crippen LogP contribution in [0.3, 0.4) is 0 Å². The van der Waals surface area contributed by atoms with Crippen LogP contribution in [0.25, 0.3) is 10.6 Å². The van der Waals surface area contributed by atoms with Crippen molar-refractivity contribution < 1.29 is 13.6 Å². The highest BCUT2D eigenvalue weighted by molar-refractivity contribution is 7.18. The van der Waals surface area contributed by atoms with Crippen LogP contribution in [-0.2, 0) is 0 Å². The van der Waals surface area contributed by atoms with E-state index >= 15 is 0 Å². The van der Waals surface area contributed by atoms with E-state index in [-0.39, 0.29) is 5.13 Å². The summed E-state index contributed by atoms with van der Waals surface area (Å²) in [5, 5.41) is 11.0. The summed E-state index contributed by atoms with van der Waals surface area (Å²) in [5.74, 6) is -2.75. The molecule has 0 aliphatic carbocycles. The first kappa shape index (κ1) is 15.2. The lowest BCUT2D eigenvalue weighted by Gasteiger charge is -2.03. The van der Waals surface area contributed by atoms with Crippen molar-refractivity contribution in [2.75, 3.05) is 5.32 Å². The number of carbonyl (C=O) groups is 1. The predicted octanol–water partition coefficient (Wildman–Crippen LogP) is 4.04. The van der Waals surface area contributed by atoms with Crippen molar-refractivity contribution in [2.24, 2.45) is 0 Å². The summed E-state index contributed by atoms with van der Waals surface area (Å²) in [4.78, 5) is 12.0. The van der Waals surface area contributed by atoms with Crippen LogP contribution < -0.4 is 5.32 Å². The molecule has 0 spiro atoms. The highest BCUT2D eigenvalue weighted by Gasteiger charge is 2.18.